The first kappa shape index (κ1) is 9.58. The average Bonchev–Trinajstić information content (AvgIpc) is 2.07. The highest BCUT2D eigenvalue weighted by molar-refractivity contribution is 5.67. The lowest BCUT2D eigenvalue weighted by Gasteiger charge is -2.03. The van der Waals surface area contributed by atoms with E-state index in [2.05, 4.69) is 0 Å². The Morgan fingerprint density at radius 1 is 1.54 bits per heavy atom. The number of carbonyl (C=O) groups is 1. The van der Waals surface area contributed by atoms with Crippen molar-refractivity contribution in [3.8, 4) is 0 Å². The lowest BCUT2D eigenvalue weighted by atomic mass is 10.1. The normalized spacial score (nSPS) is 9.92. The summed E-state index contributed by atoms with van der Waals surface area (Å²) in [5, 5.41) is 8.47. The molecule has 1 aromatic carbocycles. The van der Waals surface area contributed by atoms with Crippen molar-refractivity contribution in [1.82, 2.24) is 0 Å². The molecule has 0 heterocycles. The van der Waals surface area contributed by atoms with E-state index in [9.17, 15) is 4.79 Å². The van der Waals surface area contributed by atoms with Crippen molar-refractivity contribution < 1.29 is 9.90 Å². The van der Waals surface area contributed by atoms with Crippen LogP contribution in [-0.4, -0.2) is 11.1 Å². The van der Waals surface area contributed by atoms with Gasteiger partial charge in [-0.05, 0) is 30.5 Å². The number of aliphatic carboxylic acids is 1. The van der Waals surface area contributed by atoms with Crippen LogP contribution in [0.5, 0.6) is 0 Å². The summed E-state index contributed by atoms with van der Waals surface area (Å²) in [4.78, 5) is 10.3. The molecule has 0 aliphatic rings. The number of nitrogen functional groups attached to an aromatic ring is 1. The molecule has 0 saturated heterocycles. The number of hydrogen-bond donors (Lipinski definition) is 2. The van der Waals surface area contributed by atoms with Crippen molar-refractivity contribution in [2.75, 3.05) is 5.73 Å². The Kier molecular flexibility index (Phi) is 2.90. The van der Waals surface area contributed by atoms with Crippen molar-refractivity contribution >= 4 is 11.7 Å². The van der Waals surface area contributed by atoms with E-state index in [1.54, 1.807) is 0 Å². The Hall–Kier alpha value is -1.51. The summed E-state index contributed by atoms with van der Waals surface area (Å²) in [5.74, 6) is -0.769. The summed E-state index contributed by atoms with van der Waals surface area (Å²) < 4.78 is 0. The van der Waals surface area contributed by atoms with Crippen molar-refractivity contribution in [2.45, 2.75) is 19.8 Å². The van der Waals surface area contributed by atoms with Gasteiger partial charge in [0.1, 0.15) is 0 Å². The zero-order chi connectivity index (χ0) is 9.84. The minimum absolute atomic E-state index is 0.170. The van der Waals surface area contributed by atoms with E-state index in [4.69, 9.17) is 10.8 Å². The van der Waals surface area contributed by atoms with Crippen LogP contribution < -0.4 is 5.73 Å². The highest BCUT2D eigenvalue weighted by Gasteiger charge is 2.00. The van der Waals surface area contributed by atoms with Gasteiger partial charge in [0.2, 0.25) is 0 Å². The maximum atomic E-state index is 10.3. The second kappa shape index (κ2) is 3.94. The monoisotopic (exact) mass is 179 g/mol. The van der Waals surface area contributed by atoms with Gasteiger partial charge < -0.3 is 10.8 Å². The number of carboxylic acids is 1. The molecular formula is C10H13NO2. The summed E-state index contributed by atoms with van der Waals surface area (Å²) in [6.45, 7) is 1.92. The van der Waals surface area contributed by atoms with Gasteiger partial charge in [-0.1, -0.05) is 12.1 Å². The molecule has 0 aliphatic heterocycles. The molecule has 0 fully saturated rings. The van der Waals surface area contributed by atoms with Crippen molar-refractivity contribution in [2.24, 2.45) is 0 Å². The van der Waals surface area contributed by atoms with Crippen molar-refractivity contribution in [3.63, 3.8) is 0 Å². The van der Waals surface area contributed by atoms with Crippen molar-refractivity contribution in [1.29, 1.82) is 0 Å². The SMILES string of the molecule is Cc1cc(CCC(=O)O)ccc1N. The van der Waals surface area contributed by atoms with Gasteiger partial charge in [-0.3, -0.25) is 4.79 Å². The highest BCUT2D eigenvalue weighted by atomic mass is 16.4. The molecule has 13 heavy (non-hydrogen) atoms. The molecule has 0 bridgehead atoms. The van der Waals surface area contributed by atoms with Crippen LogP contribution in [0, 0.1) is 6.92 Å². The molecule has 0 aliphatic carbocycles. The topological polar surface area (TPSA) is 63.3 Å². The Morgan fingerprint density at radius 2 is 2.23 bits per heavy atom. The molecule has 3 heteroatoms. The van der Waals surface area contributed by atoms with Crippen LogP contribution >= 0.6 is 0 Å². The van der Waals surface area contributed by atoms with E-state index in [0.29, 0.717) is 6.42 Å². The summed E-state index contributed by atoms with van der Waals surface area (Å²) >= 11 is 0. The third kappa shape index (κ3) is 2.78. The molecular weight excluding hydrogens is 166 g/mol. The summed E-state index contributed by atoms with van der Waals surface area (Å²) in [7, 11) is 0. The lowest BCUT2D eigenvalue weighted by Crippen LogP contribution is -1.98. The van der Waals surface area contributed by atoms with Crippen LogP contribution in [0.1, 0.15) is 17.5 Å². The summed E-state index contributed by atoms with van der Waals surface area (Å²) in [6, 6.07) is 5.61. The van der Waals surface area contributed by atoms with E-state index in [0.717, 1.165) is 16.8 Å². The Morgan fingerprint density at radius 3 is 2.77 bits per heavy atom. The standard InChI is InChI=1S/C10H13NO2/c1-7-6-8(2-4-9(7)11)3-5-10(12)13/h2,4,6H,3,5,11H2,1H3,(H,12,13). The van der Waals surface area contributed by atoms with Gasteiger partial charge in [0, 0.05) is 12.1 Å². The minimum Gasteiger partial charge on any atom is -0.481 e. The number of nitrogens with two attached hydrogens (primary N) is 1. The molecule has 0 spiro atoms. The maximum absolute atomic E-state index is 10.3. The molecule has 1 aromatic rings. The van der Waals surface area contributed by atoms with E-state index >= 15 is 0 Å². The zero-order valence-electron chi connectivity index (χ0n) is 7.58. The Bertz CT molecular complexity index is 321. The first-order chi connectivity index (χ1) is 6.09. The Balaban J connectivity index is 2.68. The van der Waals surface area contributed by atoms with Gasteiger partial charge in [0.25, 0.3) is 0 Å². The van der Waals surface area contributed by atoms with E-state index in [1.165, 1.54) is 0 Å². The molecule has 0 aromatic heterocycles. The summed E-state index contributed by atoms with van der Waals surface area (Å²) in [5.41, 5.74) is 8.40. The van der Waals surface area contributed by atoms with Gasteiger partial charge in [0.05, 0.1) is 0 Å². The molecule has 3 nitrogen and oxygen atoms in total. The van der Waals surface area contributed by atoms with Crippen LogP contribution in [-0.2, 0) is 11.2 Å². The molecule has 0 atom stereocenters. The van der Waals surface area contributed by atoms with Gasteiger partial charge in [0.15, 0.2) is 0 Å². The summed E-state index contributed by atoms with van der Waals surface area (Å²) in [6.07, 6.45) is 0.736. The molecule has 70 valence electrons. The fraction of sp³-hybridized carbons (Fsp3) is 0.300. The predicted molar refractivity (Wildman–Crippen MR) is 51.5 cm³/mol. The number of hydrogen-bond acceptors (Lipinski definition) is 2. The van der Waals surface area contributed by atoms with Gasteiger partial charge >= 0.3 is 5.97 Å². The second-order valence-corrected chi connectivity index (χ2v) is 3.08. The van der Waals surface area contributed by atoms with Crippen LogP contribution in [0.25, 0.3) is 0 Å². The van der Waals surface area contributed by atoms with Crippen LogP contribution in [0.15, 0.2) is 18.2 Å². The highest BCUT2D eigenvalue weighted by Crippen LogP contribution is 2.13. The third-order valence-electron chi connectivity index (χ3n) is 1.96. The predicted octanol–water partition coefficient (Wildman–Crippen LogP) is 1.59. The van der Waals surface area contributed by atoms with Gasteiger partial charge in [-0.2, -0.15) is 0 Å². The zero-order valence-corrected chi connectivity index (χ0v) is 7.58. The molecule has 0 radical (unpaired) electrons. The number of benzene rings is 1. The van der Waals surface area contributed by atoms with Crippen LogP contribution in [0.2, 0.25) is 0 Å². The Labute approximate surface area is 77.2 Å². The van der Waals surface area contributed by atoms with Gasteiger partial charge in [-0.25, -0.2) is 0 Å². The first-order valence-electron chi connectivity index (χ1n) is 4.16. The third-order valence-corrected chi connectivity index (χ3v) is 1.96. The number of aryl methyl sites for hydroxylation is 2. The second-order valence-electron chi connectivity index (χ2n) is 3.08. The molecule has 3 N–H and O–H groups in total. The molecule has 0 saturated carbocycles. The minimum atomic E-state index is -0.769. The number of anilines is 1. The fourth-order valence-electron chi connectivity index (χ4n) is 1.14. The number of rotatable bonds is 3. The van der Waals surface area contributed by atoms with E-state index < -0.39 is 5.97 Å². The fourth-order valence-corrected chi connectivity index (χ4v) is 1.14. The van der Waals surface area contributed by atoms with Crippen LogP contribution in [0.3, 0.4) is 0 Å². The first-order valence-corrected chi connectivity index (χ1v) is 4.16. The van der Waals surface area contributed by atoms with Gasteiger partial charge in [-0.15, -0.1) is 0 Å². The smallest absolute Gasteiger partial charge is 0.303 e. The van der Waals surface area contributed by atoms with E-state index in [1.807, 2.05) is 25.1 Å². The van der Waals surface area contributed by atoms with E-state index in [-0.39, 0.29) is 6.42 Å². The molecule has 1 rings (SSSR count). The van der Waals surface area contributed by atoms with Crippen LogP contribution in [0.4, 0.5) is 5.69 Å². The maximum Gasteiger partial charge on any atom is 0.303 e. The van der Waals surface area contributed by atoms with Crippen molar-refractivity contribution in [3.05, 3.63) is 29.3 Å². The quantitative estimate of drug-likeness (QED) is 0.692. The molecule has 0 unspecified atom stereocenters. The lowest BCUT2D eigenvalue weighted by molar-refractivity contribution is -0.136. The average molecular weight is 179 g/mol. The molecule has 0 amide bonds. The largest absolute Gasteiger partial charge is 0.481 e. The number of carboxylic acid groups (broad SMARTS) is 1.